The molecule has 1 N–H and O–H groups in total. The maximum absolute atomic E-state index is 12.2. The highest BCUT2D eigenvalue weighted by Crippen LogP contribution is 2.10. The number of rotatable bonds is 8. The van der Waals surface area contributed by atoms with Gasteiger partial charge in [-0.3, -0.25) is 9.59 Å². The number of benzene rings is 1. The van der Waals surface area contributed by atoms with Crippen molar-refractivity contribution in [2.24, 2.45) is 0 Å². The molecular weight excluding hydrogens is 290 g/mol. The van der Waals surface area contributed by atoms with Gasteiger partial charge in [0.05, 0.1) is 12.5 Å². The Kier molecular flexibility index (Phi) is 7.79. The molecule has 1 rings (SSSR count). The van der Waals surface area contributed by atoms with E-state index in [-0.39, 0.29) is 30.4 Å². The zero-order valence-electron chi connectivity index (χ0n) is 14.9. The van der Waals surface area contributed by atoms with Crippen LogP contribution < -0.4 is 5.32 Å². The normalized spacial score (nSPS) is 13.3. The maximum Gasteiger partial charge on any atom is 0.308 e. The van der Waals surface area contributed by atoms with Crippen molar-refractivity contribution in [3.05, 3.63) is 34.9 Å². The molecule has 1 aromatic carbocycles. The van der Waals surface area contributed by atoms with E-state index in [2.05, 4.69) is 12.2 Å². The van der Waals surface area contributed by atoms with Crippen LogP contribution in [0.5, 0.6) is 0 Å². The number of hydrogen-bond donors (Lipinski definition) is 1. The predicted molar refractivity (Wildman–Crippen MR) is 92.5 cm³/mol. The van der Waals surface area contributed by atoms with Gasteiger partial charge in [-0.15, -0.1) is 0 Å². The summed E-state index contributed by atoms with van der Waals surface area (Å²) in [6.07, 6.45) is 3.14. The molecule has 0 saturated carbocycles. The van der Waals surface area contributed by atoms with Crippen molar-refractivity contribution in [1.82, 2.24) is 5.32 Å². The molecule has 0 bridgehead atoms. The first-order valence-electron chi connectivity index (χ1n) is 8.40. The third-order valence-electron chi connectivity index (χ3n) is 3.63. The number of unbranched alkanes of at least 4 members (excludes halogenated alkanes) is 1. The Balaban J connectivity index is 2.47. The average molecular weight is 319 g/mol. The molecule has 4 heteroatoms. The lowest BCUT2D eigenvalue weighted by Gasteiger charge is -2.17. The van der Waals surface area contributed by atoms with E-state index in [1.807, 2.05) is 45.9 Å². The van der Waals surface area contributed by atoms with Crippen LogP contribution in [-0.4, -0.2) is 24.0 Å². The summed E-state index contributed by atoms with van der Waals surface area (Å²) in [6, 6.07) is 5.46. The first kappa shape index (κ1) is 19.2. The topological polar surface area (TPSA) is 55.4 Å². The SMILES string of the molecule is CCCCC(C)OC(=O)CC(C)NC(=O)c1cc(C)cc(C)c1. The minimum Gasteiger partial charge on any atom is -0.463 e. The van der Waals surface area contributed by atoms with Gasteiger partial charge in [-0.05, 0) is 46.2 Å². The van der Waals surface area contributed by atoms with Gasteiger partial charge in [0.25, 0.3) is 5.91 Å². The summed E-state index contributed by atoms with van der Waals surface area (Å²) < 4.78 is 5.36. The van der Waals surface area contributed by atoms with E-state index in [9.17, 15) is 9.59 Å². The highest BCUT2D eigenvalue weighted by molar-refractivity contribution is 5.95. The quantitative estimate of drug-likeness (QED) is 0.739. The zero-order chi connectivity index (χ0) is 17.4. The summed E-state index contributed by atoms with van der Waals surface area (Å²) in [7, 11) is 0. The van der Waals surface area contributed by atoms with E-state index in [1.165, 1.54) is 0 Å². The van der Waals surface area contributed by atoms with Gasteiger partial charge >= 0.3 is 5.97 Å². The number of hydrogen-bond acceptors (Lipinski definition) is 3. The lowest BCUT2D eigenvalue weighted by atomic mass is 10.1. The third kappa shape index (κ3) is 7.31. The fraction of sp³-hybridized carbons (Fsp3) is 0.579. The van der Waals surface area contributed by atoms with Crippen molar-refractivity contribution < 1.29 is 14.3 Å². The van der Waals surface area contributed by atoms with Crippen LogP contribution >= 0.6 is 0 Å². The Labute approximate surface area is 139 Å². The number of ether oxygens (including phenoxy) is 1. The third-order valence-corrected chi connectivity index (χ3v) is 3.63. The summed E-state index contributed by atoms with van der Waals surface area (Å²) in [5, 5.41) is 2.86. The molecule has 4 nitrogen and oxygen atoms in total. The number of aryl methyl sites for hydroxylation is 2. The standard InChI is InChI=1S/C19H29NO3/c1-6-7-8-16(5)23-18(21)12-15(4)20-19(22)17-10-13(2)9-14(3)11-17/h9-11,15-16H,6-8,12H2,1-5H3,(H,20,22). The lowest BCUT2D eigenvalue weighted by molar-refractivity contribution is -0.148. The van der Waals surface area contributed by atoms with Crippen LogP contribution in [0.15, 0.2) is 18.2 Å². The zero-order valence-corrected chi connectivity index (χ0v) is 14.9. The second kappa shape index (κ2) is 9.33. The molecule has 0 saturated heterocycles. The Morgan fingerprint density at radius 1 is 1.13 bits per heavy atom. The van der Waals surface area contributed by atoms with E-state index in [0.29, 0.717) is 5.56 Å². The van der Waals surface area contributed by atoms with Crippen LogP contribution in [0, 0.1) is 13.8 Å². The van der Waals surface area contributed by atoms with Gasteiger partial charge in [-0.2, -0.15) is 0 Å². The number of carbonyl (C=O) groups excluding carboxylic acids is 2. The monoisotopic (exact) mass is 319 g/mol. The van der Waals surface area contributed by atoms with Crippen LogP contribution in [-0.2, 0) is 9.53 Å². The molecule has 128 valence electrons. The first-order chi connectivity index (χ1) is 10.8. The molecule has 0 fully saturated rings. The van der Waals surface area contributed by atoms with Crippen LogP contribution in [0.1, 0.15) is 67.9 Å². The van der Waals surface area contributed by atoms with Gasteiger partial charge in [0.15, 0.2) is 0 Å². The molecule has 2 atom stereocenters. The van der Waals surface area contributed by atoms with E-state index in [4.69, 9.17) is 4.74 Å². The van der Waals surface area contributed by atoms with E-state index in [1.54, 1.807) is 0 Å². The van der Waals surface area contributed by atoms with Gasteiger partial charge in [-0.1, -0.05) is 37.0 Å². The van der Waals surface area contributed by atoms with Gasteiger partial charge in [0.1, 0.15) is 0 Å². The van der Waals surface area contributed by atoms with Gasteiger partial charge in [0.2, 0.25) is 0 Å². The van der Waals surface area contributed by atoms with Crippen LogP contribution in [0.2, 0.25) is 0 Å². The van der Waals surface area contributed by atoms with Crippen molar-refractivity contribution in [3.63, 3.8) is 0 Å². The largest absolute Gasteiger partial charge is 0.463 e. The highest BCUT2D eigenvalue weighted by Gasteiger charge is 2.16. The fourth-order valence-corrected chi connectivity index (χ4v) is 2.54. The lowest BCUT2D eigenvalue weighted by Crippen LogP contribution is -2.35. The molecule has 0 aliphatic carbocycles. The number of esters is 1. The minimum absolute atomic E-state index is 0.0650. The first-order valence-corrected chi connectivity index (χ1v) is 8.40. The molecular formula is C19H29NO3. The number of nitrogens with one attached hydrogen (secondary N) is 1. The van der Waals surface area contributed by atoms with Crippen molar-refractivity contribution >= 4 is 11.9 Å². The summed E-state index contributed by atoms with van der Waals surface area (Å²) >= 11 is 0. The van der Waals surface area contributed by atoms with Gasteiger partial charge < -0.3 is 10.1 Å². The summed E-state index contributed by atoms with van der Waals surface area (Å²) in [6.45, 7) is 9.76. The second-order valence-corrected chi connectivity index (χ2v) is 6.40. The minimum atomic E-state index is -0.262. The van der Waals surface area contributed by atoms with Crippen molar-refractivity contribution in [2.45, 2.75) is 72.4 Å². The second-order valence-electron chi connectivity index (χ2n) is 6.40. The molecule has 0 spiro atoms. The number of carbonyl (C=O) groups is 2. The molecule has 1 amide bonds. The molecule has 0 aromatic heterocycles. The van der Waals surface area contributed by atoms with Crippen molar-refractivity contribution in [1.29, 1.82) is 0 Å². The Morgan fingerprint density at radius 2 is 1.74 bits per heavy atom. The molecule has 2 unspecified atom stereocenters. The molecule has 0 radical (unpaired) electrons. The number of amides is 1. The van der Waals surface area contributed by atoms with Crippen LogP contribution in [0.25, 0.3) is 0 Å². The van der Waals surface area contributed by atoms with Crippen molar-refractivity contribution in [3.8, 4) is 0 Å². The highest BCUT2D eigenvalue weighted by atomic mass is 16.5. The summed E-state index contributed by atoms with van der Waals surface area (Å²) in [5.41, 5.74) is 2.72. The fourth-order valence-electron chi connectivity index (χ4n) is 2.54. The molecule has 23 heavy (non-hydrogen) atoms. The summed E-state index contributed by atoms with van der Waals surface area (Å²) in [4.78, 5) is 24.1. The smallest absolute Gasteiger partial charge is 0.308 e. The van der Waals surface area contributed by atoms with Crippen LogP contribution in [0.3, 0.4) is 0 Å². The Bertz CT molecular complexity index is 519. The van der Waals surface area contributed by atoms with E-state index < -0.39 is 0 Å². The molecule has 1 aromatic rings. The maximum atomic E-state index is 12.2. The molecule has 0 heterocycles. The van der Waals surface area contributed by atoms with E-state index in [0.717, 1.165) is 30.4 Å². The van der Waals surface area contributed by atoms with Crippen molar-refractivity contribution in [2.75, 3.05) is 0 Å². The van der Waals surface area contributed by atoms with Gasteiger partial charge in [-0.25, -0.2) is 0 Å². The van der Waals surface area contributed by atoms with Crippen LogP contribution in [0.4, 0.5) is 0 Å². The summed E-state index contributed by atoms with van der Waals surface area (Å²) in [5.74, 6) is -0.419. The Hall–Kier alpha value is -1.84. The Morgan fingerprint density at radius 3 is 2.30 bits per heavy atom. The average Bonchev–Trinajstić information content (AvgIpc) is 2.43. The molecule has 0 aliphatic rings. The predicted octanol–water partition coefficient (Wildman–Crippen LogP) is 3.93. The van der Waals surface area contributed by atoms with E-state index >= 15 is 0 Å². The molecule has 0 aliphatic heterocycles. The van der Waals surface area contributed by atoms with Gasteiger partial charge in [0, 0.05) is 11.6 Å².